The summed E-state index contributed by atoms with van der Waals surface area (Å²) in [5.74, 6) is 2.16. The Labute approximate surface area is 141 Å². The largest absolute Gasteiger partial charge is 0.493 e. The summed E-state index contributed by atoms with van der Waals surface area (Å²) in [7, 11) is 1.63. The van der Waals surface area contributed by atoms with Crippen LogP contribution in [0.5, 0.6) is 11.5 Å². The summed E-state index contributed by atoms with van der Waals surface area (Å²) in [6.45, 7) is 3.03. The zero-order valence-electron chi connectivity index (χ0n) is 14.0. The molecule has 0 saturated heterocycles. The molecular weight excluding hydrogens is 304 g/mol. The van der Waals surface area contributed by atoms with Crippen LogP contribution in [0.1, 0.15) is 25.3 Å². The van der Waals surface area contributed by atoms with Crippen LogP contribution in [-0.4, -0.2) is 28.4 Å². The van der Waals surface area contributed by atoms with Crippen molar-refractivity contribution in [3.63, 3.8) is 0 Å². The first kappa shape index (κ1) is 16.3. The molecule has 1 heterocycles. The fourth-order valence-corrected chi connectivity index (χ4v) is 2.79. The van der Waals surface area contributed by atoms with Gasteiger partial charge in [0.15, 0.2) is 11.5 Å². The number of aliphatic hydroxyl groups is 1. The van der Waals surface area contributed by atoms with Crippen molar-refractivity contribution >= 4 is 11.0 Å². The Hall–Kier alpha value is -2.53. The van der Waals surface area contributed by atoms with Gasteiger partial charge in [-0.3, -0.25) is 0 Å². The molecule has 1 atom stereocenters. The highest BCUT2D eigenvalue weighted by atomic mass is 16.5. The summed E-state index contributed by atoms with van der Waals surface area (Å²) in [5, 5.41) is 9.98. The molecule has 1 N–H and O–H groups in total. The van der Waals surface area contributed by atoms with Gasteiger partial charge >= 0.3 is 0 Å². The summed E-state index contributed by atoms with van der Waals surface area (Å²) in [4.78, 5) is 4.53. The second-order valence-electron chi connectivity index (χ2n) is 5.64. The van der Waals surface area contributed by atoms with Crippen molar-refractivity contribution < 1.29 is 14.6 Å². The second-order valence-corrected chi connectivity index (χ2v) is 5.64. The van der Waals surface area contributed by atoms with Crippen molar-refractivity contribution in [1.82, 2.24) is 9.55 Å². The van der Waals surface area contributed by atoms with Gasteiger partial charge in [0, 0.05) is 6.54 Å². The predicted molar refractivity (Wildman–Crippen MR) is 93.5 cm³/mol. The molecule has 5 nitrogen and oxygen atoms in total. The molecule has 3 rings (SSSR count). The van der Waals surface area contributed by atoms with E-state index >= 15 is 0 Å². The number of ether oxygens (including phenoxy) is 2. The number of rotatable bonds is 7. The molecule has 2 aromatic carbocycles. The molecule has 0 aliphatic carbocycles. The fourth-order valence-electron chi connectivity index (χ4n) is 2.79. The van der Waals surface area contributed by atoms with Crippen molar-refractivity contribution in [3.8, 4) is 11.5 Å². The number of hydrogen-bond acceptors (Lipinski definition) is 4. The SMILES string of the molecule is COc1ccccc1OCCCn1c([C@H](C)O)nc2ccccc21. The van der Waals surface area contributed by atoms with Crippen LogP contribution in [0.25, 0.3) is 11.0 Å². The van der Waals surface area contributed by atoms with E-state index in [9.17, 15) is 5.11 Å². The number of aromatic nitrogens is 2. The van der Waals surface area contributed by atoms with Gasteiger partial charge < -0.3 is 19.1 Å². The molecule has 0 spiro atoms. The third-order valence-electron chi connectivity index (χ3n) is 3.91. The van der Waals surface area contributed by atoms with E-state index < -0.39 is 6.10 Å². The quantitative estimate of drug-likeness (QED) is 0.674. The Morgan fingerprint density at radius 1 is 1.08 bits per heavy atom. The highest BCUT2D eigenvalue weighted by Crippen LogP contribution is 2.26. The highest BCUT2D eigenvalue weighted by Gasteiger charge is 2.14. The maximum atomic E-state index is 9.98. The highest BCUT2D eigenvalue weighted by molar-refractivity contribution is 5.75. The summed E-state index contributed by atoms with van der Waals surface area (Å²) < 4.78 is 13.2. The molecule has 0 amide bonds. The maximum absolute atomic E-state index is 9.98. The number of nitrogens with zero attached hydrogens (tertiary/aromatic N) is 2. The zero-order chi connectivity index (χ0) is 16.9. The lowest BCUT2D eigenvalue weighted by Crippen LogP contribution is -2.10. The van der Waals surface area contributed by atoms with Gasteiger partial charge in [-0.2, -0.15) is 0 Å². The number of benzene rings is 2. The average Bonchev–Trinajstić information content (AvgIpc) is 2.98. The van der Waals surface area contributed by atoms with Crippen LogP contribution in [0.3, 0.4) is 0 Å². The van der Waals surface area contributed by atoms with Gasteiger partial charge in [-0.1, -0.05) is 24.3 Å². The summed E-state index contributed by atoms with van der Waals surface area (Å²) in [6, 6.07) is 15.5. The first-order chi connectivity index (χ1) is 11.7. The Balaban J connectivity index is 1.68. The first-order valence-corrected chi connectivity index (χ1v) is 8.09. The Bertz CT molecular complexity index is 811. The lowest BCUT2D eigenvalue weighted by atomic mass is 10.3. The molecule has 0 saturated carbocycles. The van der Waals surface area contributed by atoms with E-state index in [0.29, 0.717) is 12.4 Å². The number of hydrogen-bond donors (Lipinski definition) is 1. The molecule has 0 aliphatic rings. The van der Waals surface area contributed by atoms with Crippen LogP contribution < -0.4 is 9.47 Å². The molecule has 1 aromatic heterocycles. The minimum Gasteiger partial charge on any atom is -0.493 e. The zero-order valence-corrected chi connectivity index (χ0v) is 14.0. The van der Waals surface area contributed by atoms with E-state index in [2.05, 4.69) is 9.55 Å². The number of aliphatic hydroxyl groups excluding tert-OH is 1. The van der Waals surface area contributed by atoms with Crippen molar-refractivity contribution in [1.29, 1.82) is 0 Å². The Kier molecular flexibility index (Phi) is 5.01. The number of aryl methyl sites for hydroxylation is 1. The standard InChI is InChI=1S/C19H22N2O3/c1-14(22)19-20-15-8-3-4-9-16(15)21(19)12-7-13-24-18-11-6-5-10-17(18)23-2/h3-6,8-11,14,22H,7,12-13H2,1-2H3/t14-/m0/s1. The van der Waals surface area contributed by atoms with Crippen LogP contribution in [-0.2, 0) is 6.54 Å². The Morgan fingerprint density at radius 2 is 1.79 bits per heavy atom. The average molecular weight is 326 g/mol. The van der Waals surface area contributed by atoms with Crippen molar-refractivity contribution in [2.45, 2.75) is 26.0 Å². The van der Waals surface area contributed by atoms with Crippen LogP contribution in [0.2, 0.25) is 0 Å². The van der Waals surface area contributed by atoms with E-state index in [1.165, 1.54) is 0 Å². The van der Waals surface area contributed by atoms with Crippen molar-refractivity contribution in [3.05, 3.63) is 54.4 Å². The third kappa shape index (κ3) is 3.36. The number of methoxy groups -OCH3 is 1. The van der Waals surface area contributed by atoms with Gasteiger partial charge in [-0.05, 0) is 37.6 Å². The molecular formula is C19H22N2O3. The maximum Gasteiger partial charge on any atom is 0.161 e. The van der Waals surface area contributed by atoms with Crippen molar-refractivity contribution in [2.75, 3.05) is 13.7 Å². The number of imidazole rings is 1. The summed E-state index contributed by atoms with van der Waals surface area (Å²) >= 11 is 0. The minimum atomic E-state index is -0.604. The normalized spacial score (nSPS) is 12.3. The number of para-hydroxylation sites is 4. The van der Waals surface area contributed by atoms with E-state index in [1.54, 1.807) is 14.0 Å². The van der Waals surface area contributed by atoms with Gasteiger partial charge in [0.05, 0.1) is 24.8 Å². The third-order valence-corrected chi connectivity index (χ3v) is 3.91. The minimum absolute atomic E-state index is 0.562. The predicted octanol–water partition coefficient (Wildman–Crippen LogP) is 3.57. The summed E-state index contributed by atoms with van der Waals surface area (Å²) in [6.07, 6.45) is 0.200. The molecule has 24 heavy (non-hydrogen) atoms. The molecule has 0 fully saturated rings. The number of fused-ring (bicyclic) bond motifs is 1. The summed E-state index contributed by atoms with van der Waals surface area (Å²) in [5.41, 5.74) is 1.93. The fraction of sp³-hybridized carbons (Fsp3) is 0.316. The van der Waals surface area contributed by atoms with E-state index in [0.717, 1.165) is 35.5 Å². The van der Waals surface area contributed by atoms with Gasteiger partial charge in [0.2, 0.25) is 0 Å². The van der Waals surface area contributed by atoms with Crippen molar-refractivity contribution in [2.24, 2.45) is 0 Å². The molecule has 0 bridgehead atoms. The molecule has 0 aliphatic heterocycles. The monoisotopic (exact) mass is 326 g/mol. The van der Waals surface area contributed by atoms with E-state index in [4.69, 9.17) is 9.47 Å². The van der Waals surface area contributed by atoms with E-state index in [-0.39, 0.29) is 0 Å². The molecule has 0 radical (unpaired) electrons. The van der Waals surface area contributed by atoms with E-state index in [1.807, 2.05) is 48.5 Å². The molecule has 0 unspecified atom stereocenters. The smallest absolute Gasteiger partial charge is 0.161 e. The van der Waals surface area contributed by atoms with Gasteiger partial charge in [0.25, 0.3) is 0 Å². The van der Waals surface area contributed by atoms with Crippen LogP contribution >= 0.6 is 0 Å². The van der Waals surface area contributed by atoms with Crippen LogP contribution in [0, 0.1) is 0 Å². The Morgan fingerprint density at radius 3 is 2.54 bits per heavy atom. The second kappa shape index (κ2) is 7.36. The lowest BCUT2D eigenvalue weighted by Gasteiger charge is -2.13. The topological polar surface area (TPSA) is 56.5 Å². The molecule has 126 valence electrons. The van der Waals surface area contributed by atoms with Gasteiger partial charge in [-0.25, -0.2) is 4.98 Å². The van der Waals surface area contributed by atoms with Gasteiger partial charge in [-0.15, -0.1) is 0 Å². The van der Waals surface area contributed by atoms with Gasteiger partial charge in [0.1, 0.15) is 11.9 Å². The van der Waals surface area contributed by atoms with Crippen LogP contribution in [0.4, 0.5) is 0 Å². The van der Waals surface area contributed by atoms with Crippen LogP contribution in [0.15, 0.2) is 48.5 Å². The molecule has 5 heteroatoms. The lowest BCUT2D eigenvalue weighted by molar-refractivity contribution is 0.183. The first-order valence-electron chi connectivity index (χ1n) is 8.09. The molecule has 3 aromatic rings.